The van der Waals surface area contributed by atoms with Crippen LogP contribution in [0.25, 0.3) is 0 Å². The van der Waals surface area contributed by atoms with Crippen LogP contribution in [0, 0.1) is 0 Å². The lowest BCUT2D eigenvalue weighted by molar-refractivity contribution is -0.124. The first-order chi connectivity index (χ1) is 15.3. The number of halogens is 2. The summed E-state index contributed by atoms with van der Waals surface area (Å²) in [7, 11) is -3.92. The van der Waals surface area contributed by atoms with Crippen molar-refractivity contribution in [1.82, 2.24) is 9.62 Å². The average molecular weight is 468 g/mol. The highest BCUT2D eigenvalue weighted by molar-refractivity contribution is 7.89. The maximum Gasteiger partial charge on any atom is 0.387 e. The summed E-state index contributed by atoms with van der Waals surface area (Å²) in [6.07, 6.45) is 0.957. The molecule has 2 aliphatic rings. The number of rotatable bonds is 7. The third-order valence-electron chi connectivity index (χ3n) is 5.24. The maximum atomic E-state index is 13.2. The van der Waals surface area contributed by atoms with Crippen LogP contribution in [0.15, 0.2) is 47.4 Å². The molecule has 8 nitrogen and oxygen atoms in total. The Bertz CT molecular complexity index is 1080. The van der Waals surface area contributed by atoms with Crippen molar-refractivity contribution in [3.8, 4) is 17.2 Å². The van der Waals surface area contributed by atoms with E-state index in [-0.39, 0.29) is 23.7 Å². The van der Waals surface area contributed by atoms with Crippen LogP contribution in [0.1, 0.15) is 18.4 Å². The normalized spacial score (nSPS) is 18.5. The van der Waals surface area contributed by atoms with E-state index in [4.69, 9.17) is 9.47 Å². The number of benzene rings is 2. The van der Waals surface area contributed by atoms with Crippen LogP contribution in [0.3, 0.4) is 0 Å². The van der Waals surface area contributed by atoms with Crippen molar-refractivity contribution in [3.63, 3.8) is 0 Å². The summed E-state index contributed by atoms with van der Waals surface area (Å²) >= 11 is 0. The van der Waals surface area contributed by atoms with Gasteiger partial charge >= 0.3 is 6.61 Å². The molecule has 1 fully saturated rings. The van der Waals surface area contributed by atoms with Crippen molar-refractivity contribution in [3.05, 3.63) is 48.0 Å². The number of amides is 1. The Morgan fingerprint density at radius 1 is 1.12 bits per heavy atom. The van der Waals surface area contributed by atoms with E-state index in [1.165, 1.54) is 28.6 Å². The van der Waals surface area contributed by atoms with Crippen LogP contribution in [0.2, 0.25) is 0 Å². The molecule has 2 aliphatic heterocycles. The van der Waals surface area contributed by atoms with Crippen LogP contribution >= 0.6 is 0 Å². The lowest BCUT2D eigenvalue weighted by atomic mass is 10.2. The predicted octanol–water partition coefficient (Wildman–Crippen LogP) is 2.53. The number of carbonyl (C=O) groups is 1. The van der Waals surface area contributed by atoms with Crippen molar-refractivity contribution in [2.45, 2.75) is 36.9 Å². The topological polar surface area (TPSA) is 94.2 Å². The van der Waals surface area contributed by atoms with Crippen molar-refractivity contribution >= 4 is 15.9 Å². The van der Waals surface area contributed by atoms with Crippen LogP contribution in [0.5, 0.6) is 17.2 Å². The quantitative estimate of drug-likeness (QED) is 0.671. The number of nitrogens with one attached hydrogen (secondary N) is 1. The molecule has 0 radical (unpaired) electrons. The van der Waals surface area contributed by atoms with Gasteiger partial charge in [-0.1, -0.05) is 12.1 Å². The van der Waals surface area contributed by atoms with Crippen molar-refractivity contribution in [2.24, 2.45) is 0 Å². The molecule has 1 N–H and O–H groups in total. The highest BCUT2D eigenvalue weighted by Crippen LogP contribution is 2.34. The second kappa shape index (κ2) is 9.29. The molecule has 2 aromatic rings. The minimum absolute atomic E-state index is 0.0163. The van der Waals surface area contributed by atoms with Crippen LogP contribution in [-0.2, 0) is 21.4 Å². The Kier molecular flexibility index (Phi) is 6.47. The molecule has 1 saturated heterocycles. The molecular formula is C21H22F2N2O6S. The van der Waals surface area contributed by atoms with Gasteiger partial charge in [-0.3, -0.25) is 4.79 Å². The first-order valence-electron chi connectivity index (χ1n) is 10.1. The summed E-state index contributed by atoms with van der Waals surface area (Å²) in [6, 6.07) is 9.43. The second-order valence-corrected chi connectivity index (χ2v) is 9.21. The van der Waals surface area contributed by atoms with Gasteiger partial charge in [0, 0.05) is 19.2 Å². The zero-order valence-electron chi connectivity index (χ0n) is 17.0. The van der Waals surface area contributed by atoms with Crippen molar-refractivity contribution in [1.29, 1.82) is 0 Å². The molecule has 0 aliphatic carbocycles. The van der Waals surface area contributed by atoms with Crippen LogP contribution < -0.4 is 19.5 Å². The van der Waals surface area contributed by atoms with Gasteiger partial charge < -0.3 is 19.5 Å². The molecule has 1 amide bonds. The van der Waals surface area contributed by atoms with E-state index in [1.807, 2.05) is 0 Å². The largest absolute Gasteiger partial charge is 0.486 e. The van der Waals surface area contributed by atoms with Gasteiger partial charge in [0.25, 0.3) is 0 Å². The van der Waals surface area contributed by atoms with E-state index < -0.39 is 28.6 Å². The number of carbonyl (C=O) groups excluding carboxylic acids is 1. The molecule has 2 heterocycles. The summed E-state index contributed by atoms with van der Waals surface area (Å²) in [5, 5.41) is 2.73. The third-order valence-corrected chi connectivity index (χ3v) is 7.15. The summed E-state index contributed by atoms with van der Waals surface area (Å²) in [4.78, 5) is 12.8. The van der Waals surface area contributed by atoms with E-state index in [1.54, 1.807) is 18.2 Å². The third kappa shape index (κ3) is 4.78. The van der Waals surface area contributed by atoms with E-state index in [2.05, 4.69) is 10.1 Å². The molecule has 0 aromatic heterocycles. The van der Waals surface area contributed by atoms with Gasteiger partial charge in [0.2, 0.25) is 15.9 Å². The molecule has 0 bridgehead atoms. The van der Waals surface area contributed by atoms with Crippen LogP contribution in [0.4, 0.5) is 8.78 Å². The zero-order valence-corrected chi connectivity index (χ0v) is 17.8. The predicted molar refractivity (Wildman–Crippen MR) is 109 cm³/mol. The first-order valence-corrected chi connectivity index (χ1v) is 11.5. The highest BCUT2D eigenvalue weighted by Gasteiger charge is 2.39. The van der Waals surface area contributed by atoms with E-state index in [0.29, 0.717) is 43.1 Å². The van der Waals surface area contributed by atoms with E-state index in [9.17, 15) is 22.0 Å². The molecule has 0 spiro atoms. The smallest absolute Gasteiger partial charge is 0.387 e. The Labute approximate surface area is 184 Å². The molecule has 2 aromatic carbocycles. The Hall–Kier alpha value is -2.92. The van der Waals surface area contributed by atoms with E-state index in [0.717, 1.165) is 0 Å². The minimum atomic E-state index is -3.92. The summed E-state index contributed by atoms with van der Waals surface area (Å²) in [6.45, 7) is -1.82. The van der Waals surface area contributed by atoms with Gasteiger partial charge in [0.05, 0.1) is 4.90 Å². The van der Waals surface area contributed by atoms with Gasteiger partial charge in [0.1, 0.15) is 25.0 Å². The molecule has 11 heteroatoms. The highest BCUT2D eigenvalue weighted by atomic mass is 32.2. The van der Waals surface area contributed by atoms with Gasteiger partial charge in [-0.2, -0.15) is 13.1 Å². The Balaban J connectivity index is 1.43. The van der Waals surface area contributed by atoms with Crippen LogP contribution in [-0.4, -0.2) is 51.0 Å². The number of nitrogens with zero attached hydrogens (tertiary/aromatic N) is 1. The fraction of sp³-hybridized carbons (Fsp3) is 0.381. The first kappa shape index (κ1) is 22.3. The molecule has 32 heavy (non-hydrogen) atoms. The standard InChI is InChI=1S/C21H22F2N2O6S/c22-21(23)31-15-5-3-14(4-6-15)13-24-20(26)17-2-1-9-25(17)32(27,28)16-7-8-18-19(12-16)30-11-10-29-18/h3-8,12,17,21H,1-2,9-11,13H2,(H,24,26). The number of sulfonamides is 1. The second-order valence-electron chi connectivity index (χ2n) is 7.32. The van der Waals surface area contributed by atoms with Gasteiger partial charge in [-0.05, 0) is 42.7 Å². The van der Waals surface area contributed by atoms with Crippen molar-refractivity contribution in [2.75, 3.05) is 19.8 Å². The molecule has 0 saturated carbocycles. The minimum Gasteiger partial charge on any atom is -0.486 e. The van der Waals surface area contributed by atoms with Gasteiger partial charge in [-0.15, -0.1) is 0 Å². The summed E-state index contributed by atoms with van der Waals surface area (Å²) < 4.78 is 67.3. The number of alkyl halides is 2. The number of ether oxygens (including phenoxy) is 3. The van der Waals surface area contributed by atoms with E-state index >= 15 is 0 Å². The lowest BCUT2D eigenvalue weighted by Gasteiger charge is -2.24. The Morgan fingerprint density at radius 3 is 2.56 bits per heavy atom. The summed E-state index contributed by atoms with van der Waals surface area (Å²) in [5.41, 5.74) is 0.666. The fourth-order valence-electron chi connectivity index (χ4n) is 3.71. The molecule has 1 unspecified atom stereocenters. The van der Waals surface area contributed by atoms with Crippen molar-refractivity contribution < 1.29 is 36.2 Å². The number of fused-ring (bicyclic) bond motifs is 1. The maximum absolute atomic E-state index is 13.2. The zero-order chi connectivity index (χ0) is 22.7. The summed E-state index contributed by atoms with van der Waals surface area (Å²) in [5.74, 6) is 0.437. The molecular weight excluding hydrogens is 446 g/mol. The molecule has 4 rings (SSSR count). The fourth-order valence-corrected chi connectivity index (χ4v) is 5.38. The molecule has 1 atom stereocenters. The average Bonchev–Trinajstić information content (AvgIpc) is 3.29. The number of hydrogen-bond acceptors (Lipinski definition) is 6. The monoisotopic (exact) mass is 468 g/mol. The van der Waals surface area contributed by atoms with Gasteiger partial charge in [0.15, 0.2) is 11.5 Å². The number of hydrogen-bond donors (Lipinski definition) is 1. The molecule has 172 valence electrons. The SMILES string of the molecule is O=C(NCc1ccc(OC(F)F)cc1)C1CCCN1S(=O)(=O)c1ccc2c(c1)OCCO2. The van der Waals surface area contributed by atoms with Gasteiger partial charge in [-0.25, -0.2) is 8.42 Å². The lowest BCUT2D eigenvalue weighted by Crippen LogP contribution is -2.45. The Morgan fingerprint density at radius 2 is 1.84 bits per heavy atom.